The molecule has 0 aliphatic heterocycles. The molecular formula is C17H22ClNO2. The van der Waals surface area contributed by atoms with Gasteiger partial charge in [-0.2, -0.15) is 0 Å². The smallest absolute Gasteiger partial charge is 0.163 e. The Bertz CT molecular complexity index is 653. The maximum Gasteiger partial charge on any atom is 0.163 e. The first-order chi connectivity index (χ1) is 9.99. The molecule has 1 heterocycles. The Balaban J connectivity index is 2.72. The SMILES string of the molecule is CCOc1cc2nc(C)c(C(C)C)c(Cl)c2cc1OCC. The van der Waals surface area contributed by atoms with Gasteiger partial charge >= 0.3 is 0 Å². The van der Waals surface area contributed by atoms with Crippen LogP contribution in [-0.2, 0) is 0 Å². The summed E-state index contributed by atoms with van der Waals surface area (Å²) in [5.74, 6) is 1.76. The molecule has 0 amide bonds. The highest BCUT2D eigenvalue weighted by Crippen LogP contribution is 2.38. The van der Waals surface area contributed by atoms with E-state index in [9.17, 15) is 0 Å². The summed E-state index contributed by atoms with van der Waals surface area (Å²) in [6, 6.07) is 3.84. The van der Waals surface area contributed by atoms with Gasteiger partial charge in [-0.1, -0.05) is 25.4 Å². The average molecular weight is 308 g/mol. The second-order valence-corrected chi connectivity index (χ2v) is 5.64. The average Bonchev–Trinajstić information content (AvgIpc) is 2.40. The summed E-state index contributed by atoms with van der Waals surface area (Å²) in [6.07, 6.45) is 0. The van der Waals surface area contributed by atoms with Gasteiger partial charge in [0.1, 0.15) is 0 Å². The van der Waals surface area contributed by atoms with Gasteiger partial charge in [0, 0.05) is 17.1 Å². The van der Waals surface area contributed by atoms with E-state index in [2.05, 4.69) is 18.8 Å². The fraction of sp³-hybridized carbons (Fsp3) is 0.471. The van der Waals surface area contributed by atoms with Crippen LogP contribution >= 0.6 is 11.6 Å². The fourth-order valence-corrected chi connectivity index (χ4v) is 3.08. The molecule has 0 spiro atoms. The molecule has 4 heteroatoms. The second kappa shape index (κ2) is 6.52. The highest BCUT2D eigenvalue weighted by atomic mass is 35.5. The maximum absolute atomic E-state index is 6.61. The molecule has 1 aromatic carbocycles. The zero-order valence-electron chi connectivity index (χ0n) is 13.3. The van der Waals surface area contributed by atoms with E-state index in [1.165, 1.54) is 0 Å². The van der Waals surface area contributed by atoms with E-state index in [0.717, 1.165) is 27.2 Å². The van der Waals surface area contributed by atoms with E-state index < -0.39 is 0 Å². The first kappa shape index (κ1) is 15.9. The Kier molecular flexibility index (Phi) is 4.94. The van der Waals surface area contributed by atoms with Crippen molar-refractivity contribution in [2.75, 3.05) is 13.2 Å². The Hall–Kier alpha value is -1.48. The quantitative estimate of drug-likeness (QED) is 0.768. The van der Waals surface area contributed by atoms with Gasteiger partial charge in [0.15, 0.2) is 11.5 Å². The van der Waals surface area contributed by atoms with E-state index in [4.69, 9.17) is 21.1 Å². The number of ether oxygens (including phenoxy) is 2. The molecule has 0 saturated heterocycles. The zero-order valence-corrected chi connectivity index (χ0v) is 14.0. The van der Waals surface area contributed by atoms with E-state index >= 15 is 0 Å². The number of hydrogen-bond acceptors (Lipinski definition) is 3. The number of hydrogen-bond donors (Lipinski definition) is 0. The van der Waals surface area contributed by atoms with E-state index in [-0.39, 0.29) is 0 Å². The van der Waals surface area contributed by atoms with Crippen LogP contribution in [-0.4, -0.2) is 18.2 Å². The number of pyridine rings is 1. The van der Waals surface area contributed by atoms with Gasteiger partial charge in [0.2, 0.25) is 0 Å². The molecule has 0 fully saturated rings. The van der Waals surface area contributed by atoms with Crippen molar-refractivity contribution in [1.29, 1.82) is 0 Å². The van der Waals surface area contributed by atoms with Crippen LogP contribution in [0.3, 0.4) is 0 Å². The van der Waals surface area contributed by atoms with Crippen LogP contribution in [0.2, 0.25) is 5.02 Å². The van der Waals surface area contributed by atoms with Gasteiger partial charge in [-0.15, -0.1) is 0 Å². The summed E-state index contributed by atoms with van der Waals surface area (Å²) >= 11 is 6.61. The number of aryl methyl sites for hydroxylation is 1. The van der Waals surface area contributed by atoms with E-state index in [0.29, 0.717) is 30.6 Å². The molecular weight excluding hydrogens is 286 g/mol. The Morgan fingerprint density at radius 3 is 2.19 bits per heavy atom. The van der Waals surface area contributed by atoms with Crippen LogP contribution in [0.1, 0.15) is 44.9 Å². The van der Waals surface area contributed by atoms with Crippen LogP contribution in [0.5, 0.6) is 11.5 Å². The molecule has 0 radical (unpaired) electrons. The van der Waals surface area contributed by atoms with Gasteiger partial charge in [-0.3, -0.25) is 4.98 Å². The third-order valence-electron chi connectivity index (χ3n) is 3.39. The Morgan fingerprint density at radius 1 is 1.10 bits per heavy atom. The predicted octanol–water partition coefficient (Wildman–Crippen LogP) is 5.12. The van der Waals surface area contributed by atoms with Gasteiger partial charge in [-0.25, -0.2) is 0 Å². The van der Waals surface area contributed by atoms with Crippen molar-refractivity contribution in [3.05, 3.63) is 28.4 Å². The minimum atomic E-state index is 0.330. The lowest BCUT2D eigenvalue weighted by Gasteiger charge is -2.16. The molecule has 0 unspecified atom stereocenters. The summed E-state index contributed by atoms with van der Waals surface area (Å²) in [6.45, 7) is 11.3. The van der Waals surface area contributed by atoms with Gasteiger partial charge in [0.05, 0.1) is 23.8 Å². The van der Waals surface area contributed by atoms with Gasteiger partial charge in [0.25, 0.3) is 0 Å². The topological polar surface area (TPSA) is 31.4 Å². The molecule has 0 aliphatic rings. The van der Waals surface area contributed by atoms with Crippen molar-refractivity contribution in [3.63, 3.8) is 0 Å². The maximum atomic E-state index is 6.61. The number of fused-ring (bicyclic) bond motifs is 1. The number of nitrogens with zero attached hydrogens (tertiary/aromatic N) is 1. The third kappa shape index (κ3) is 3.08. The van der Waals surface area contributed by atoms with Crippen molar-refractivity contribution < 1.29 is 9.47 Å². The molecule has 0 atom stereocenters. The van der Waals surface area contributed by atoms with Crippen molar-refractivity contribution in [2.45, 2.75) is 40.5 Å². The van der Waals surface area contributed by atoms with Crippen LogP contribution in [0.25, 0.3) is 10.9 Å². The van der Waals surface area contributed by atoms with Gasteiger partial charge < -0.3 is 9.47 Å². The number of benzene rings is 1. The number of rotatable bonds is 5. The standard InChI is InChI=1S/C17H22ClNO2/c1-6-20-14-8-12-13(9-15(14)21-7-2)19-11(5)16(10(3)4)17(12)18/h8-10H,6-7H2,1-5H3. The lowest BCUT2D eigenvalue weighted by molar-refractivity contribution is 0.288. The lowest BCUT2D eigenvalue weighted by atomic mass is 9.99. The van der Waals surface area contributed by atoms with Crippen molar-refractivity contribution >= 4 is 22.5 Å². The molecule has 0 N–H and O–H groups in total. The van der Waals surface area contributed by atoms with Crippen LogP contribution in [0.15, 0.2) is 12.1 Å². The fourth-order valence-electron chi connectivity index (χ4n) is 2.57. The van der Waals surface area contributed by atoms with Crippen LogP contribution in [0.4, 0.5) is 0 Å². The molecule has 114 valence electrons. The Morgan fingerprint density at radius 2 is 1.67 bits per heavy atom. The highest BCUT2D eigenvalue weighted by molar-refractivity contribution is 6.36. The Labute approximate surface area is 131 Å². The lowest BCUT2D eigenvalue weighted by Crippen LogP contribution is -2.01. The number of halogens is 1. The third-order valence-corrected chi connectivity index (χ3v) is 3.80. The normalized spacial score (nSPS) is 11.2. The van der Waals surface area contributed by atoms with Crippen molar-refractivity contribution in [2.24, 2.45) is 0 Å². The first-order valence-electron chi connectivity index (χ1n) is 7.38. The molecule has 2 aromatic rings. The molecule has 0 saturated carbocycles. The minimum Gasteiger partial charge on any atom is -0.490 e. The molecule has 0 aliphatic carbocycles. The summed E-state index contributed by atoms with van der Waals surface area (Å²) in [5, 5.41) is 1.68. The summed E-state index contributed by atoms with van der Waals surface area (Å²) in [7, 11) is 0. The second-order valence-electron chi connectivity index (χ2n) is 5.26. The zero-order chi connectivity index (χ0) is 15.6. The van der Waals surface area contributed by atoms with E-state index in [1.807, 2.05) is 32.9 Å². The van der Waals surface area contributed by atoms with Gasteiger partial charge in [-0.05, 0) is 38.3 Å². The highest BCUT2D eigenvalue weighted by Gasteiger charge is 2.17. The van der Waals surface area contributed by atoms with Crippen molar-refractivity contribution in [3.8, 4) is 11.5 Å². The molecule has 21 heavy (non-hydrogen) atoms. The predicted molar refractivity (Wildman–Crippen MR) is 87.9 cm³/mol. The minimum absolute atomic E-state index is 0.330. The first-order valence-corrected chi connectivity index (χ1v) is 7.76. The van der Waals surface area contributed by atoms with E-state index in [1.54, 1.807) is 0 Å². The molecule has 2 rings (SSSR count). The van der Waals surface area contributed by atoms with Crippen LogP contribution in [0, 0.1) is 6.92 Å². The summed E-state index contributed by atoms with van der Waals surface area (Å²) in [4.78, 5) is 4.68. The largest absolute Gasteiger partial charge is 0.490 e. The van der Waals surface area contributed by atoms with Crippen LogP contribution < -0.4 is 9.47 Å². The number of aromatic nitrogens is 1. The van der Waals surface area contributed by atoms with Crippen molar-refractivity contribution in [1.82, 2.24) is 4.98 Å². The monoisotopic (exact) mass is 307 g/mol. The molecule has 3 nitrogen and oxygen atoms in total. The summed E-state index contributed by atoms with van der Waals surface area (Å²) < 4.78 is 11.3. The molecule has 1 aromatic heterocycles. The summed E-state index contributed by atoms with van der Waals surface area (Å²) in [5.41, 5.74) is 2.90. The molecule has 0 bridgehead atoms.